The van der Waals surface area contributed by atoms with E-state index in [4.69, 9.17) is 4.74 Å². The van der Waals surface area contributed by atoms with E-state index < -0.39 is 22.5 Å². The molecule has 0 heterocycles. The number of alkyl carbamates (subject to hydrolysis) is 1. The lowest BCUT2D eigenvalue weighted by Crippen LogP contribution is -2.24. The lowest BCUT2D eigenvalue weighted by Gasteiger charge is -2.05. The topological polar surface area (TPSA) is 81.5 Å². The molecule has 2 aromatic carbocycles. The first-order chi connectivity index (χ1) is 11.6. The second kappa shape index (κ2) is 8.42. The first-order valence-corrected chi connectivity index (χ1v) is 7.11. The van der Waals surface area contributed by atoms with Gasteiger partial charge in [-0.15, -0.1) is 0 Å². The average Bonchev–Trinajstić information content (AvgIpc) is 2.57. The lowest BCUT2D eigenvalue weighted by molar-refractivity contribution is -0.387. The van der Waals surface area contributed by atoms with E-state index in [0.29, 0.717) is 5.56 Å². The van der Waals surface area contributed by atoms with Crippen molar-refractivity contribution >= 4 is 17.9 Å². The van der Waals surface area contributed by atoms with E-state index in [2.05, 4.69) is 5.32 Å². The van der Waals surface area contributed by atoms with E-state index >= 15 is 0 Å². The van der Waals surface area contributed by atoms with Crippen molar-refractivity contribution in [2.45, 2.75) is 6.61 Å². The van der Waals surface area contributed by atoms with Crippen molar-refractivity contribution in [2.24, 2.45) is 0 Å². The van der Waals surface area contributed by atoms with E-state index in [-0.39, 0.29) is 13.2 Å². The molecule has 0 atom stereocenters. The highest BCUT2D eigenvalue weighted by atomic mass is 19.1. The van der Waals surface area contributed by atoms with Crippen LogP contribution in [0.1, 0.15) is 11.1 Å². The molecule has 124 valence electrons. The first kappa shape index (κ1) is 17.1. The normalized spacial score (nSPS) is 10.5. The Morgan fingerprint density at radius 2 is 2.00 bits per heavy atom. The van der Waals surface area contributed by atoms with Gasteiger partial charge in [-0.1, -0.05) is 42.5 Å². The Bertz CT molecular complexity index is 748. The van der Waals surface area contributed by atoms with Crippen molar-refractivity contribution < 1.29 is 18.8 Å². The van der Waals surface area contributed by atoms with Crippen LogP contribution < -0.4 is 5.32 Å². The molecule has 0 aliphatic carbocycles. The Morgan fingerprint density at radius 3 is 2.67 bits per heavy atom. The number of benzene rings is 2. The minimum atomic E-state index is -0.905. The van der Waals surface area contributed by atoms with Crippen LogP contribution in [-0.4, -0.2) is 17.6 Å². The monoisotopic (exact) mass is 330 g/mol. The quantitative estimate of drug-likeness (QED) is 0.647. The molecule has 0 saturated carbocycles. The fraction of sp³-hybridized carbons (Fsp3) is 0.118. The van der Waals surface area contributed by atoms with E-state index in [1.165, 1.54) is 6.07 Å². The highest BCUT2D eigenvalue weighted by Crippen LogP contribution is 2.18. The zero-order valence-electron chi connectivity index (χ0n) is 12.6. The third kappa shape index (κ3) is 5.20. The van der Waals surface area contributed by atoms with Gasteiger partial charge in [-0.25, -0.2) is 4.79 Å². The van der Waals surface area contributed by atoms with Gasteiger partial charge in [0.2, 0.25) is 5.82 Å². The number of nitro groups is 1. The fourth-order valence-electron chi connectivity index (χ4n) is 1.89. The summed E-state index contributed by atoms with van der Waals surface area (Å²) in [5.74, 6) is -0.905. The van der Waals surface area contributed by atoms with Crippen LogP contribution in [-0.2, 0) is 11.3 Å². The SMILES string of the molecule is O=C(NCC=Cc1ccc([N+](=O)[O-])c(F)c1)OCc1ccccc1. The van der Waals surface area contributed by atoms with Gasteiger partial charge in [-0.3, -0.25) is 10.1 Å². The predicted octanol–water partition coefficient (Wildman–Crippen LogP) is 3.67. The molecule has 0 aromatic heterocycles. The van der Waals surface area contributed by atoms with E-state index in [1.807, 2.05) is 30.3 Å². The molecule has 2 aromatic rings. The molecule has 6 nitrogen and oxygen atoms in total. The summed E-state index contributed by atoms with van der Waals surface area (Å²) in [7, 11) is 0. The summed E-state index contributed by atoms with van der Waals surface area (Å²) in [5.41, 5.74) is 0.761. The molecule has 0 bridgehead atoms. The van der Waals surface area contributed by atoms with Crippen molar-refractivity contribution in [1.82, 2.24) is 5.32 Å². The number of nitro benzene ring substituents is 1. The van der Waals surface area contributed by atoms with Gasteiger partial charge in [0.25, 0.3) is 0 Å². The van der Waals surface area contributed by atoms with Crippen LogP contribution in [0, 0.1) is 15.9 Å². The highest BCUT2D eigenvalue weighted by Gasteiger charge is 2.12. The number of carbonyl (C=O) groups is 1. The minimum absolute atomic E-state index is 0.171. The molecule has 7 heteroatoms. The molecule has 24 heavy (non-hydrogen) atoms. The van der Waals surface area contributed by atoms with Gasteiger partial charge >= 0.3 is 11.8 Å². The lowest BCUT2D eigenvalue weighted by atomic mass is 10.2. The molecule has 1 amide bonds. The van der Waals surface area contributed by atoms with Crippen LogP contribution in [0.4, 0.5) is 14.9 Å². The van der Waals surface area contributed by atoms with E-state index in [9.17, 15) is 19.3 Å². The second-order valence-electron chi connectivity index (χ2n) is 4.81. The van der Waals surface area contributed by atoms with Gasteiger partial charge < -0.3 is 10.1 Å². The maximum absolute atomic E-state index is 13.4. The molecule has 0 aliphatic heterocycles. The molecular formula is C17H15FN2O4. The Labute approximate surface area is 137 Å². The van der Waals surface area contributed by atoms with Crippen molar-refractivity contribution in [3.63, 3.8) is 0 Å². The van der Waals surface area contributed by atoms with Crippen molar-refractivity contribution in [3.8, 4) is 0 Å². The van der Waals surface area contributed by atoms with Crippen LogP contribution in [0.3, 0.4) is 0 Å². The second-order valence-corrected chi connectivity index (χ2v) is 4.81. The number of amides is 1. The number of ether oxygens (including phenoxy) is 1. The summed E-state index contributed by atoms with van der Waals surface area (Å²) in [6.07, 6.45) is 2.56. The van der Waals surface area contributed by atoms with Gasteiger partial charge in [0.1, 0.15) is 6.61 Å². The molecule has 0 aliphatic rings. The minimum Gasteiger partial charge on any atom is -0.445 e. The highest BCUT2D eigenvalue weighted by molar-refractivity contribution is 5.67. The van der Waals surface area contributed by atoms with Crippen LogP contribution in [0.5, 0.6) is 0 Å². The third-order valence-corrected chi connectivity index (χ3v) is 3.06. The molecular weight excluding hydrogens is 315 g/mol. The van der Waals surface area contributed by atoms with Gasteiger partial charge in [0.05, 0.1) is 4.92 Å². The summed E-state index contributed by atoms with van der Waals surface area (Å²) >= 11 is 0. The first-order valence-electron chi connectivity index (χ1n) is 7.11. The largest absolute Gasteiger partial charge is 0.445 e. The molecule has 0 saturated heterocycles. The Hall–Kier alpha value is -3.22. The zero-order valence-corrected chi connectivity index (χ0v) is 12.6. The molecule has 1 N–H and O–H groups in total. The molecule has 0 unspecified atom stereocenters. The van der Waals surface area contributed by atoms with E-state index in [0.717, 1.165) is 17.7 Å². The van der Waals surface area contributed by atoms with Gasteiger partial charge in [0, 0.05) is 12.6 Å². The number of halogens is 1. The molecule has 2 rings (SSSR count). The Balaban J connectivity index is 1.77. The van der Waals surface area contributed by atoms with Gasteiger partial charge in [0.15, 0.2) is 0 Å². The van der Waals surface area contributed by atoms with Crippen LogP contribution in [0.15, 0.2) is 54.6 Å². The number of carbonyl (C=O) groups excluding carboxylic acids is 1. The average molecular weight is 330 g/mol. The summed E-state index contributed by atoms with van der Waals surface area (Å²) in [6.45, 7) is 0.357. The molecule has 0 radical (unpaired) electrons. The number of nitrogens with one attached hydrogen (secondary N) is 1. The molecule has 0 spiro atoms. The van der Waals surface area contributed by atoms with Crippen molar-refractivity contribution in [1.29, 1.82) is 0 Å². The van der Waals surface area contributed by atoms with Gasteiger partial charge in [-0.05, 0) is 23.3 Å². The van der Waals surface area contributed by atoms with Crippen LogP contribution >= 0.6 is 0 Å². The predicted molar refractivity (Wildman–Crippen MR) is 86.7 cm³/mol. The number of nitrogens with zero attached hydrogens (tertiary/aromatic N) is 1. The van der Waals surface area contributed by atoms with Gasteiger partial charge in [-0.2, -0.15) is 4.39 Å². The maximum Gasteiger partial charge on any atom is 0.407 e. The standard InChI is InChI=1S/C17H15FN2O4/c18-15-11-13(8-9-16(15)20(22)23)7-4-10-19-17(21)24-12-14-5-2-1-3-6-14/h1-9,11H,10,12H2,(H,19,21). The number of hydrogen-bond donors (Lipinski definition) is 1. The smallest absolute Gasteiger partial charge is 0.407 e. The van der Waals surface area contributed by atoms with Crippen LogP contribution in [0.25, 0.3) is 6.08 Å². The maximum atomic E-state index is 13.4. The summed E-state index contributed by atoms with van der Waals surface area (Å²) in [5, 5.41) is 13.0. The fourth-order valence-corrected chi connectivity index (χ4v) is 1.89. The Kier molecular flexibility index (Phi) is 6.01. The van der Waals surface area contributed by atoms with Crippen molar-refractivity contribution in [3.05, 3.63) is 81.7 Å². The summed E-state index contributed by atoms with van der Waals surface area (Å²) < 4.78 is 18.5. The summed E-state index contributed by atoms with van der Waals surface area (Å²) in [4.78, 5) is 21.2. The summed E-state index contributed by atoms with van der Waals surface area (Å²) in [6, 6.07) is 12.8. The van der Waals surface area contributed by atoms with E-state index in [1.54, 1.807) is 12.2 Å². The molecule has 0 fully saturated rings. The van der Waals surface area contributed by atoms with Crippen molar-refractivity contribution in [2.75, 3.05) is 6.54 Å². The van der Waals surface area contributed by atoms with Crippen LogP contribution in [0.2, 0.25) is 0 Å². The Morgan fingerprint density at radius 1 is 1.25 bits per heavy atom. The third-order valence-electron chi connectivity index (χ3n) is 3.06. The zero-order chi connectivity index (χ0) is 17.4. The number of rotatable bonds is 6. The number of hydrogen-bond acceptors (Lipinski definition) is 4.